The van der Waals surface area contributed by atoms with E-state index in [0.29, 0.717) is 37.8 Å². The molecular formula is C24H25ClN8O4S2. The summed E-state index contributed by atoms with van der Waals surface area (Å²) >= 11 is 5.98. The van der Waals surface area contributed by atoms with Crippen LogP contribution in [0.5, 0.6) is 0 Å². The molecule has 39 heavy (non-hydrogen) atoms. The molecule has 2 N–H and O–H groups in total. The Labute approximate surface area is 232 Å². The van der Waals surface area contributed by atoms with Gasteiger partial charge < -0.3 is 10.2 Å². The first-order chi connectivity index (χ1) is 18.4. The van der Waals surface area contributed by atoms with Crippen molar-refractivity contribution in [2.45, 2.75) is 4.90 Å². The van der Waals surface area contributed by atoms with Crippen LogP contribution in [0.3, 0.4) is 0 Å². The van der Waals surface area contributed by atoms with E-state index in [9.17, 15) is 17.4 Å². The van der Waals surface area contributed by atoms with E-state index in [1.54, 1.807) is 28.6 Å². The van der Waals surface area contributed by atoms with Gasteiger partial charge in [0.15, 0.2) is 0 Å². The van der Waals surface area contributed by atoms with Gasteiger partial charge in [-0.3, -0.25) is 9.10 Å². The second-order valence-electron chi connectivity index (χ2n) is 8.66. The van der Waals surface area contributed by atoms with Crippen LogP contribution in [0.25, 0.3) is 0 Å². The lowest BCUT2D eigenvalue weighted by molar-refractivity contribution is 0.102. The Hall–Kier alpha value is -3.77. The second-order valence-corrected chi connectivity index (χ2v) is 13.1. The van der Waals surface area contributed by atoms with Gasteiger partial charge in [-0.05, 0) is 36.4 Å². The number of para-hydroxylation sites is 1. The van der Waals surface area contributed by atoms with Crippen LogP contribution in [0, 0.1) is 16.1 Å². The first-order valence-electron chi connectivity index (χ1n) is 11.6. The number of hydrogen-bond donors (Lipinski definition) is 2. The van der Waals surface area contributed by atoms with E-state index in [1.165, 1.54) is 37.4 Å². The molecule has 1 atom stereocenters. The molecule has 1 amide bonds. The summed E-state index contributed by atoms with van der Waals surface area (Å²) in [6.07, 6.45) is 1.05. The lowest BCUT2D eigenvalue weighted by Gasteiger charge is -2.35. The summed E-state index contributed by atoms with van der Waals surface area (Å²) in [5.74, 6) is -0.209. The molecule has 2 aromatic carbocycles. The van der Waals surface area contributed by atoms with Crippen molar-refractivity contribution < 1.29 is 17.4 Å². The van der Waals surface area contributed by atoms with Crippen molar-refractivity contribution in [3.8, 4) is 6.07 Å². The highest BCUT2D eigenvalue weighted by atomic mass is 35.5. The number of aromatic nitrogens is 2. The SMILES string of the molecule is CN(c1ccccc1C(=O)Nc1ccc([S@@](=N)(=O)N2CCN(c3nc(Cl)cc(C#N)n3)CC2)cc1)S(C)(=O)=O. The van der Waals surface area contributed by atoms with Crippen molar-refractivity contribution in [1.29, 1.82) is 10.0 Å². The van der Waals surface area contributed by atoms with Crippen LogP contribution >= 0.6 is 11.6 Å². The molecule has 0 spiro atoms. The molecule has 1 fully saturated rings. The predicted octanol–water partition coefficient (Wildman–Crippen LogP) is 2.79. The minimum absolute atomic E-state index is 0.148. The zero-order valence-corrected chi connectivity index (χ0v) is 23.4. The number of carbonyl (C=O) groups is 1. The highest BCUT2D eigenvalue weighted by molar-refractivity contribution is 7.92. The van der Waals surface area contributed by atoms with Gasteiger partial charge in [-0.25, -0.2) is 31.7 Å². The molecule has 0 radical (unpaired) electrons. The van der Waals surface area contributed by atoms with Crippen molar-refractivity contribution in [2.24, 2.45) is 0 Å². The Morgan fingerprint density at radius 1 is 1.08 bits per heavy atom. The Bertz CT molecular complexity index is 1650. The number of nitrogens with zero attached hydrogens (tertiary/aromatic N) is 6. The Morgan fingerprint density at radius 3 is 2.33 bits per heavy atom. The fraction of sp³-hybridized carbons (Fsp3) is 0.250. The van der Waals surface area contributed by atoms with Crippen LogP contribution in [0.4, 0.5) is 17.3 Å². The van der Waals surface area contributed by atoms with E-state index < -0.39 is 25.8 Å². The lowest BCUT2D eigenvalue weighted by atomic mass is 10.1. The Morgan fingerprint density at radius 2 is 1.72 bits per heavy atom. The number of halogens is 1. The van der Waals surface area contributed by atoms with E-state index in [4.69, 9.17) is 21.6 Å². The normalized spacial score (nSPS) is 15.7. The molecule has 0 saturated carbocycles. The number of amides is 1. The number of benzene rings is 2. The summed E-state index contributed by atoms with van der Waals surface area (Å²) < 4.78 is 48.6. The van der Waals surface area contributed by atoms with Crippen molar-refractivity contribution in [1.82, 2.24) is 14.3 Å². The van der Waals surface area contributed by atoms with Gasteiger partial charge in [0.25, 0.3) is 5.91 Å². The average molecular weight is 589 g/mol. The number of nitriles is 1. The van der Waals surface area contributed by atoms with Gasteiger partial charge in [0.1, 0.15) is 26.8 Å². The zero-order chi connectivity index (χ0) is 28.4. The van der Waals surface area contributed by atoms with E-state index in [1.807, 2.05) is 11.0 Å². The maximum absolute atomic E-state index is 13.4. The molecule has 0 bridgehead atoms. The van der Waals surface area contributed by atoms with E-state index in [2.05, 4.69) is 15.3 Å². The number of piperazine rings is 1. The van der Waals surface area contributed by atoms with Gasteiger partial charge >= 0.3 is 0 Å². The highest BCUT2D eigenvalue weighted by Gasteiger charge is 2.27. The van der Waals surface area contributed by atoms with Crippen molar-refractivity contribution in [2.75, 3.05) is 54.0 Å². The molecule has 1 aliphatic rings. The molecule has 0 aliphatic carbocycles. The fourth-order valence-corrected chi connectivity index (χ4v) is 6.11. The molecule has 12 nitrogen and oxygen atoms in total. The number of anilines is 3. The summed E-state index contributed by atoms with van der Waals surface area (Å²) in [7, 11) is -5.53. The molecular weight excluding hydrogens is 564 g/mol. The van der Waals surface area contributed by atoms with Gasteiger partial charge in [-0.2, -0.15) is 5.26 Å². The molecule has 1 aromatic heterocycles. The first-order valence-corrected chi connectivity index (χ1v) is 15.3. The molecule has 3 aromatic rings. The largest absolute Gasteiger partial charge is 0.338 e. The number of sulfonamides is 1. The summed E-state index contributed by atoms with van der Waals surface area (Å²) in [5, 5.41) is 12.0. The second kappa shape index (κ2) is 11.1. The zero-order valence-electron chi connectivity index (χ0n) is 21.0. The minimum Gasteiger partial charge on any atom is -0.338 e. The summed E-state index contributed by atoms with van der Waals surface area (Å²) in [4.78, 5) is 23.3. The minimum atomic E-state index is -3.57. The summed E-state index contributed by atoms with van der Waals surface area (Å²) in [5.41, 5.74) is 0.943. The van der Waals surface area contributed by atoms with Gasteiger partial charge in [0, 0.05) is 45.0 Å². The number of carbonyl (C=O) groups excluding carboxylic acids is 1. The van der Waals surface area contributed by atoms with Crippen molar-refractivity contribution in [3.63, 3.8) is 0 Å². The maximum atomic E-state index is 13.4. The summed E-state index contributed by atoms with van der Waals surface area (Å²) in [6, 6.07) is 15.8. The van der Waals surface area contributed by atoms with E-state index in [-0.39, 0.29) is 27.0 Å². The average Bonchev–Trinajstić information content (AvgIpc) is 2.92. The van der Waals surface area contributed by atoms with Gasteiger partial charge in [-0.1, -0.05) is 23.7 Å². The number of nitrogens with one attached hydrogen (secondary N) is 2. The van der Waals surface area contributed by atoms with Crippen LogP contribution in [0.2, 0.25) is 5.15 Å². The predicted molar refractivity (Wildman–Crippen MR) is 149 cm³/mol. The van der Waals surface area contributed by atoms with E-state index >= 15 is 0 Å². The highest BCUT2D eigenvalue weighted by Crippen LogP contribution is 2.25. The molecule has 4 rings (SSSR count). The van der Waals surface area contributed by atoms with Crippen LogP contribution in [-0.4, -0.2) is 72.3 Å². The fourth-order valence-electron chi connectivity index (χ4n) is 3.94. The maximum Gasteiger partial charge on any atom is 0.257 e. The third-order valence-electron chi connectivity index (χ3n) is 6.10. The quantitative estimate of drug-likeness (QED) is 0.398. The number of hydrogen-bond acceptors (Lipinski definition) is 9. The third kappa shape index (κ3) is 6.28. The monoisotopic (exact) mass is 588 g/mol. The smallest absolute Gasteiger partial charge is 0.257 e. The standard InChI is InChI=1S/C24H25ClN8O4S2/c1-31(38(2,35)36)21-6-4-3-5-20(21)23(34)28-17-7-9-19(10-8-17)39(27,37)33-13-11-32(12-14-33)24-29-18(16-26)15-22(25)30-24/h3-10,15,27H,11-14H2,1-2H3,(H,28,34)/t39-/m0/s1. The van der Waals surface area contributed by atoms with Crippen molar-refractivity contribution >= 4 is 54.8 Å². The van der Waals surface area contributed by atoms with Crippen LogP contribution in [0.1, 0.15) is 16.1 Å². The van der Waals surface area contributed by atoms with Crippen molar-refractivity contribution in [3.05, 3.63) is 71.0 Å². The molecule has 15 heteroatoms. The van der Waals surface area contributed by atoms with Gasteiger partial charge in [0.05, 0.1) is 22.4 Å². The van der Waals surface area contributed by atoms with Gasteiger partial charge in [-0.15, -0.1) is 0 Å². The third-order valence-corrected chi connectivity index (χ3v) is 9.49. The molecule has 1 aliphatic heterocycles. The van der Waals surface area contributed by atoms with Crippen LogP contribution in [-0.2, 0) is 19.9 Å². The van der Waals surface area contributed by atoms with E-state index in [0.717, 1.165) is 10.6 Å². The molecule has 0 unspecified atom stereocenters. The Kier molecular flexibility index (Phi) is 8.07. The first kappa shape index (κ1) is 28.2. The lowest BCUT2D eigenvalue weighted by Crippen LogP contribution is -2.48. The molecule has 204 valence electrons. The van der Waals surface area contributed by atoms with Crippen LogP contribution < -0.4 is 14.5 Å². The van der Waals surface area contributed by atoms with Gasteiger partial charge in [0.2, 0.25) is 16.0 Å². The van der Waals surface area contributed by atoms with Crippen LogP contribution in [0.15, 0.2) is 59.5 Å². The Balaban J connectivity index is 1.44. The topological polar surface area (TPSA) is 163 Å². The number of rotatable bonds is 7. The molecule has 1 saturated heterocycles. The molecule has 2 heterocycles. The summed E-state index contributed by atoms with van der Waals surface area (Å²) in [6.45, 7) is 1.36.